The first-order valence-electron chi connectivity index (χ1n) is 6.12. The van der Waals surface area contributed by atoms with Gasteiger partial charge in [-0.25, -0.2) is 9.37 Å². The number of aromatic nitrogens is 2. The summed E-state index contributed by atoms with van der Waals surface area (Å²) in [7, 11) is 1.56. The molecule has 3 nitrogen and oxygen atoms in total. The maximum atomic E-state index is 13.4. The summed E-state index contributed by atoms with van der Waals surface area (Å²) in [6, 6.07) is 6.16. The molecule has 0 atom stereocenters. The Labute approximate surface area is 115 Å². The predicted octanol–water partition coefficient (Wildman–Crippen LogP) is 3.83. The summed E-state index contributed by atoms with van der Waals surface area (Å²) in [5.74, 6) is 1.65. The molecule has 0 amide bonds. The fraction of sp³-hybridized carbons (Fsp3) is 0.286. The van der Waals surface area contributed by atoms with Crippen molar-refractivity contribution in [2.24, 2.45) is 0 Å². The van der Waals surface area contributed by atoms with Crippen LogP contribution in [0, 0.1) is 10.5 Å². The maximum Gasteiger partial charge on any atom is 0.130 e. The fourth-order valence-electron chi connectivity index (χ4n) is 2.06. The van der Waals surface area contributed by atoms with Gasteiger partial charge in [0, 0.05) is 11.5 Å². The van der Waals surface area contributed by atoms with Crippen LogP contribution in [0.1, 0.15) is 24.6 Å². The van der Waals surface area contributed by atoms with Gasteiger partial charge in [-0.3, -0.25) is 0 Å². The minimum absolute atomic E-state index is 0.306. The van der Waals surface area contributed by atoms with Crippen molar-refractivity contribution >= 4 is 12.2 Å². The van der Waals surface area contributed by atoms with Gasteiger partial charge in [0.1, 0.15) is 22.0 Å². The van der Waals surface area contributed by atoms with Crippen LogP contribution in [-0.4, -0.2) is 17.1 Å². The molecule has 0 saturated heterocycles. The zero-order chi connectivity index (χ0) is 13.4. The van der Waals surface area contributed by atoms with Crippen molar-refractivity contribution in [3.05, 3.63) is 40.5 Å². The largest absolute Gasteiger partial charge is 0.496 e. The van der Waals surface area contributed by atoms with Crippen LogP contribution in [0.4, 0.5) is 4.39 Å². The van der Waals surface area contributed by atoms with E-state index in [1.165, 1.54) is 12.1 Å². The Bertz CT molecular complexity index is 679. The second-order valence-corrected chi connectivity index (χ2v) is 5.06. The summed E-state index contributed by atoms with van der Waals surface area (Å²) in [6.45, 7) is 0. The second kappa shape index (κ2) is 4.74. The number of ether oxygens (including phenoxy) is 1. The maximum absolute atomic E-state index is 13.4. The summed E-state index contributed by atoms with van der Waals surface area (Å²) in [5, 5.41) is 0. The Hall–Kier alpha value is -1.75. The van der Waals surface area contributed by atoms with Crippen LogP contribution in [-0.2, 0) is 0 Å². The fourth-order valence-corrected chi connectivity index (χ4v) is 2.28. The van der Waals surface area contributed by atoms with Gasteiger partial charge in [0.25, 0.3) is 0 Å². The smallest absolute Gasteiger partial charge is 0.130 e. The minimum Gasteiger partial charge on any atom is -0.496 e. The molecule has 1 aliphatic rings. The molecule has 0 spiro atoms. The van der Waals surface area contributed by atoms with E-state index >= 15 is 0 Å². The molecule has 0 aliphatic heterocycles. The van der Waals surface area contributed by atoms with Crippen LogP contribution in [0.25, 0.3) is 11.3 Å². The molecule has 1 aromatic heterocycles. The van der Waals surface area contributed by atoms with Crippen LogP contribution in [0.15, 0.2) is 24.3 Å². The number of hydrogen-bond donors (Lipinski definition) is 1. The third kappa shape index (κ3) is 2.51. The monoisotopic (exact) mass is 276 g/mol. The molecule has 2 aromatic rings. The van der Waals surface area contributed by atoms with Crippen molar-refractivity contribution in [1.29, 1.82) is 0 Å². The van der Waals surface area contributed by atoms with Gasteiger partial charge < -0.3 is 9.72 Å². The van der Waals surface area contributed by atoms with Crippen LogP contribution >= 0.6 is 12.2 Å². The van der Waals surface area contributed by atoms with E-state index in [-0.39, 0.29) is 5.82 Å². The van der Waals surface area contributed by atoms with Crippen molar-refractivity contribution in [3.63, 3.8) is 0 Å². The van der Waals surface area contributed by atoms with Gasteiger partial charge in [0.05, 0.1) is 12.8 Å². The van der Waals surface area contributed by atoms with Crippen LogP contribution in [0.5, 0.6) is 5.75 Å². The molecule has 5 heteroatoms. The molecular weight excluding hydrogens is 263 g/mol. The van der Waals surface area contributed by atoms with E-state index < -0.39 is 0 Å². The molecule has 3 rings (SSSR count). The van der Waals surface area contributed by atoms with Crippen LogP contribution in [0.3, 0.4) is 0 Å². The molecule has 0 unspecified atom stereocenters. The van der Waals surface area contributed by atoms with Crippen molar-refractivity contribution in [3.8, 4) is 17.0 Å². The number of benzene rings is 1. The van der Waals surface area contributed by atoms with E-state index in [4.69, 9.17) is 17.0 Å². The Balaban J connectivity index is 2.15. The first kappa shape index (κ1) is 12.3. The van der Waals surface area contributed by atoms with Gasteiger partial charge >= 0.3 is 0 Å². The zero-order valence-electron chi connectivity index (χ0n) is 10.4. The SMILES string of the molecule is COc1ccc(F)cc1-c1cc(=S)nc(C2CC2)[nH]1. The van der Waals surface area contributed by atoms with E-state index in [1.54, 1.807) is 19.2 Å². The third-order valence-electron chi connectivity index (χ3n) is 3.18. The highest BCUT2D eigenvalue weighted by Gasteiger charge is 2.26. The van der Waals surface area contributed by atoms with Gasteiger partial charge in [-0.2, -0.15) is 0 Å². The highest BCUT2D eigenvalue weighted by molar-refractivity contribution is 7.71. The Morgan fingerprint density at radius 3 is 2.84 bits per heavy atom. The minimum atomic E-state index is -0.306. The summed E-state index contributed by atoms with van der Waals surface area (Å²) in [4.78, 5) is 7.56. The van der Waals surface area contributed by atoms with E-state index in [0.717, 1.165) is 24.4 Å². The van der Waals surface area contributed by atoms with Crippen LogP contribution in [0.2, 0.25) is 0 Å². The third-order valence-corrected chi connectivity index (χ3v) is 3.39. The molecular formula is C14H13FN2OS. The molecule has 1 saturated carbocycles. The number of aromatic amines is 1. The summed E-state index contributed by atoms with van der Waals surface area (Å²) < 4.78 is 19.2. The lowest BCUT2D eigenvalue weighted by Crippen LogP contribution is -1.97. The molecule has 0 bridgehead atoms. The predicted molar refractivity (Wildman–Crippen MR) is 73.3 cm³/mol. The van der Waals surface area contributed by atoms with Gasteiger partial charge in [0.2, 0.25) is 0 Å². The first-order chi connectivity index (χ1) is 9.17. The topological polar surface area (TPSA) is 37.9 Å². The molecule has 0 radical (unpaired) electrons. The normalized spacial score (nSPS) is 14.4. The van der Waals surface area contributed by atoms with Crippen molar-refractivity contribution < 1.29 is 9.13 Å². The van der Waals surface area contributed by atoms with E-state index in [1.807, 2.05) is 0 Å². The van der Waals surface area contributed by atoms with E-state index in [0.29, 0.717) is 21.9 Å². The zero-order valence-corrected chi connectivity index (χ0v) is 11.3. The molecule has 1 fully saturated rings. The molecule has 98 valence electrons. The second-order valence-electron chi connectivity index (χ2n) is 4.64. The summed E-state index contributed by atoms with van der Waals surface area (Å²) in [6.07, 6.45) is 2.25. The van der Waals surface area contributed by atoms with Crippen molar-refractivity contribution in [2.75, 3.05) is 7.11 Å². The number of nitrogens with zero attached hydrogens (tertiary/aromatic N) is 1. The van der Waals surface area contributed by atoms with Gasteiger partial charge in [-0.1, -0.05) is 12.2 Å². The molecule has 1 heterocycles. The van der Waals surface area contributed by atoms with E-state index in [9.17, 15) is 4.39 Å². The lowest BCUT2D eigenvalue weighted by atomic mass is 10.1. The summed E-state index contributed by atoms with van der Waals surface area (Å²) >= 11 is 5.18. The van der Waals surface area contributed by atoms with Crippen molar-refractivity contribution in [2.45, 2.75) is 18.8 Å². The van der Waals surface area contributed by atoms with Crippen molar-refractivity contribution in [1.82, 2.24) is 9.97 Å². The van der Waals surface area contributed by atoms with Crippen LogP contribution < -0.4 is 4.74 Å². The Morgan fingerprint density at radius 2 is 2.16 bits per heavy atom. The van der Waals surface area contributed by atoms with Gasteiger partial charge in [-0.05, 0) is 37.1 Å². The molecule has 19 heavy (non-hydrogen) atoms. The Kier molecular flexibility index (Phi) is 3.06. The lowest BCUT2D eigenvalue weighted by Gasteiger charge is -2.10. The quantitative estimate of drug-likeness (QED) is 0.866. The number of H-pyrrole nitrogens is 1. The van der Waals surface area contributed by atoms with Gasteiger partial charge in [0.15, 0.2) is 0 Å². The molecule has 1 aliphatic carbocycles. The lowest BCUT2D eigenvalue weighted by molar-refractivity contribution is 0.415. The summed E-state index contributed by atoms with van der Waals surface area (Å²) in [5.41, 5.74) is 1.41. The Morgan fingerprint density at radius 1 is 1.37 bits per heavy atom. The average Bonchev–Trinajstić information content (AvgIpc) is 3.22. The van der Waals surface area contributed by atoms with Gasteiger partial charge in [-0.15, -0.1) is 0 Å². The molecule has 1 aromatic carbocycles. The first-order valence-corrected chi connectivity index (χ1v) is 6.53. The number of hydrogen-bond acceptors (Lipinski definition) is 3. The number of rotatable bonds is 3. The highest BCUT2D eigenvalue weighted by Crippen LogP contribution is 2.39. The number of nitrogens with one attached hydrogen (secondary N) is 1. The van der Waals surface area contributed by atoms with E-state index in [2.05, 4.69) is 9.97 Å². The number of methoxy groups -OCH3 is 1. The average molecular weight is 276 g/mol. The molecule has 1 N–H and O–H groups in total. The standard InChI is InChI=1S/C14H13FN2OS/c1-18-12-5-4-9(15)6-10(12)11-7-13(19)17-14(16-11)8-2-3-8/h4-8H,2-3H2,1H3,(H,16,17,19). The number of halogens is 1. The highest BCUT2D eigenvalue weighted by atomic mass is 32.1.